The number of rotatable bonds is 4. The molecule has 0 aromatic heterocycles. The molecule has 0 aliphatic carbocycles. The van der Waals surface area contributed by atoms with E-state index in [-0.39, 0.29) is 24.2 Å². The molecular weight excluding hydrogens is 236 g/mol. The molecule has 1 atom stereocenters. The van der Waals surface area contributed by atoms with Crippen LogP contribution in [0.2, 0.25) is 0 Å². The molecule has 0 fully saturated rings. The lowest BCUT2D eigenvalue weighted by Crippen LogP contribution is -2.44. The lowest BCUT2D eigenvalue weighted by molar-refractivity contribution is -0.132. The first-order valence-corrected chi connectivity index (χ1v) is 5.57. The molecule has 17 heavy (non-hydrogen) atoms. The quantitative estimate of drug-likeness (QED) is 0.896. The van der Waals surface area contributed by atoms with Crippen molar-refractivity contribution in [1.82, 2.24) is 4.90 Å². The van der Waals surface area contributed by atoms with Crippen LogP contribution in [0.4, 0.5) is 0 Å². The summed E-state index contributed by atoms with van der Waals surface area (Å²) in [5.41, 5.74) is 6.94. The third kappa shape index (κ3) is 4.75. The normalized spacial score (nSPS) is 11.8. The molecule has 0 saturated heterocycles. The van der Waals surface area contributed by atoms with Crippen LogP contribution in [0.3, 0.4) is 0 Å². The Morgan fingerprint density at radius 1 is 1.29 bits per heavy atom. The maximum Gasteiger partial charge on any atom is 0.239 e. The van der Waals surface area contributed by atoms with E-state index in [0.29, 0.717) is 6.54 Å². The fraction of sp³-hybridized carbons (Fsp3) is 0.462. The Hall–Kier alpha value is -1.06. The summed E-state index contributed by atoms with van der Waals surface area (Å²) in [7, 11) is 1.79. The Kier molecular flexibility index (Phi) is 6.85. The van der Waals surface area contributed by atoms with Gasteiger partial charge >= 0.3 is 0 Å². The van der Waals surface area contributed by atoms with Crippen LogP contribution in [0, 0.1) is 5.92 Å². The van der Waals surface area contributed by atoms with Gasteiger partial charge < -0.3 is 10.6 Å². The molecule has 1 aromatic carbocycles. The highest BCUT2D eigenvalue weighted by atomic mass is 35.5. The second-order valence-corrected chi connectivity index (χ2v) is 4.45. The maximum absolute atomic E-state index is 11.9. The van der Waals surface area contributed by atoms with E-state index in [1.54, 1.807) is 11.9 Å². The number of carbonyl (C=O) groups is 1. The van der Waals surface area contributed by atoms with Gasteiger partial charge in [-0.1, -0.05) is 44.2 Å². The molecule has 0 radical (unpaired) electrons. The predicted molar refractivity (Wildman–Crippen MR) is 73.0 cm³/mol. The van der Waals surface area contributed by atoms with Crippen molar-refractivity contribution >= 4 is 18.3 Å². The first-order valence-electron chi connectivity index (χ1n) is 5.57. The number of amides is 1. The van der Waals surface area contributed by atoms with Crippen LogP contribution >= 0.6 is 12.4 Å². The van der Waals surface area contributed by atoms with Crippen molar-refractivity contribution in [3.63, 3.8) is 0 Å². The van der Waals surface area contributed by atoms with Crippen molar-refractivity contribution < 1.29 is 4.79 Å². The Labute approximate surface area is 109 Å². The molecule has 2 N–H and O–H groups in total. The number of hydrogen-bond acceptors (Lipinski definition) is 2. The minimum absolute atomic E-state index is 0. The molecule has 96 valence electrons. The number of hydrogen-bond donors (Lipinski definition) is 1. The van der Waals surface area contributed by atoms with Crippen LogP contribution in [0.15, 0.2) is 30.3 Å². The van der Waals surface area contributed by atoms with Gasteiger partial charge in [0.05, 0.1) is 6.04 Å². The maximum atomic E-state index is 11.9. The summed E-state index contributed by atoms with van der Waals surface area (Å²) in [5.74, 6) is 0.171. The third-order valence-corrected chi connectivity index (χ3v) is 2.64. The van der Waals surface area contributed by atoms with Crippen LogP contribution in [0.25, 0.3) is 0 Å². The second-order valence-electron chi connectivity index (χ2n) is 4.45. The van der Waals surface area contributed by atoms with E-state index in [0.717, 1.165) is 5.56 Å². The van der Waals surface area contributed by atoms with E-state index in [4.69, 9.17) is 5.73 Å². The minimum Gasteiger partial charge on any atom is -0.340 e. The van der Waals surface area contributed by atoms with E-state index < -0.39 is 6.04 Å². The summed E-state index contributed by atoms with van der Waals surface area (Å²) in [6.07, 6.45) is 0. The van der Waals surface area contributed by atoms with Gasteiger partial charge in [-0.2, -0.15) is 0 Å². The van der Waals surface area contributed by atoms with Gasteiger partial charge in [0.25, 0.3) is 0 Å². The summed E-state index contributed by atoms with van der Waals surface area (Å²) >= 11 is 0. The Morgan fingerprint density at radius 3 is 2.29 bits per heavy atom. The zero-order valence-electron chi connectivity index (χ0n) is 10.6. The van der Waals surface area contributed by atoms with Gasteiger partial charge in [0.2, 0.25) is 5.91 Å². The molecule has 0 saturated carbocycles. The number of nitrogens with two attached hydrogens (primary N) is 1. The van der Waals surface area contributed by atoms with Gasteiger partial charge in [-0.3, -0.25) is 4.79 Å². The molecule has 0 bridgehead atoms. The largest absolute Gasteiger partial charge is 0.340 e. The molecule has 4 heteroatoms. The van der Waals surface area contributed by atoms with Crippen LogP contribution < -0.4 is 5.73 Å². The van der Waals surface area contributed by atoms with Gasteiger partial charge in [0, 0.05) is 13.6 Å². The fourth-order valence-corrected chi connectivity index (χ4v) is 1.47. The summed E-state index contributed by atoms with van der Waals surface area (Å²) in [6, 6.07) is 9.50. The number of benzene rings is 1. The van der Waals surface area contributed by atoms with Gasteiger partial charge in [-0.05, 0) is 11.5 Å². The topological polar surface area (TPSA) is 46.3 Å². The van der Waals surface area contributed by atoms with E-state index in [9.17, 15) is 4.79 Å². The number of nitrogens with zero attached hydrogens (tertiary/aromatic N) is 1. The lowest BCUT2D eigenvalue weighted by atomic mass is 10.0. The molecule has 1 rings (SSSR count). The standard InChI is InChI=1S/C13H20N2O.ClH/c1-10(2)12(14)13(16)15(3)9-11-7-5-4-6-8-11;/h4-8,10,12H,9,14H2,1-3H3;1H. The van der Waals surface area contributed by atoms with Gasteiger partial charge in [0.1, 0.15) is 0 Å². The van der Waals surface area contributed by atoms with E-state index in [2.05, 4.69) is 0 Å². The van der Waals surface area contributed by atoms with Crippen molar-refractivity contribution in [2.75, 3.05) is 7.05 Å². The minimum atomic E-state index is -0.409. The van der Waals surface area contributed by atoms with Crippen LogP contribution in [-0.2, 0) is 11.3 Å². The average Bonchev–Trinajstić information content (AvgIpc) is 2.28. The molecule has 0 heterocycles. The van der Waals surface area contributed by atoms with E-state index in [1.807, 2.05) is 44.2 Å². The first kappa shape index (κ1) is 15.9. The molecule has 0 spiro atoms. The van der Waals surface area contributed by atoms with Crippen LogP contribution in [-0.4, -0.2) is 23.9 Å². The van der Waals surface area contributed by atoms with Crippen molar-refractivity contribution in [1.29, 1.82) is 0 Å². The van der Waals surface area contributed by atoms with Crippen LogP contribution in [0.1, 0.15) is 19.4 Å². The summed E-state index contributed by atoms with van der Waals surface area (Å²) < 4.78 is 0. The number of halogens is 1. The second kappa shape index (κ2) is 7.30. The van der Waals surface area contributed by atoms with Gasteiger partial charge in [-0.15, -0.1) is 12.4 Å². The van der Waals surface area contributed by atoms with E-state index in [1.165, 1.54) is 0 Å². The molecule has 1 aromatic rings. The highest BCUT2D eigenvalue weighted by Gasteiger charge is 2.20. The van der Waals surface area contributed by atoms with Gasteiger partial charge in [-0.25, -0.2) is 0 Å². The van der Waals surface area contributed by atoms with Crippen molar-refractivity contribution in [2.24, 2.45) is 11.7 Å². The highest BCUT2D eigenvalue weighted by Crippen LogP contribution is 2.07. The number of carbonyl (C=O) groups excluding carboxylic acids is 1. The predicted octanol–water partition coefficient (Wildman–Crippen LogP) is 2.05. The van der Waals surface area contributed by atoms with Crippen LogP contribution in [0.5, 0.6) is 0 Å². The Bertz CT molecular complexity index is 341. The lowest BCUT2D eigenvalue weighted by Gasteiger charge is -2.23. The van der Waals surface area contributed by atoms with Crippen molar-refractivity contribution in [2.45, 2.75) is 26.4 Å². The molecular formula is C13H21ClN2O. The Balaban J connectivity index is 0.00000256. The fourth-order valence-electron chi connectivity index (χ4n) is 1.47. The highest BCUT2D eigenvalue weighted by molar-refractivity contribution is 5.85. The van der Waals surface area contributed by atoms with Crippen molar-refractivity contribution in [3.05, 3.63) is 35.9 Å². The molecule has 1 amide bonds. The monoisotopic (exact) mass is 256 g/mol. The first-order chi connectivity index (χ1) is 7.52. The zero-order valence-corrected chi connectivity index (χ0v) is 11.4. The molecule has 0 aliphatic rings. The van der Waals surface area contributed by atoms with Crippen molar-refractivity contribution in [3.8, 4) is 0 Å². The Morgan fingerprint density at radius 2 is 1.82 bits per heavy atom. The average molecular weight is 257 g/mol. The zero-order chi connectivity index (χ0) is 12.1. The van der Waals surface area contributed by atoms with E-state index >= 15 is 0 Å². The van der Waals surface area contributed by atoms with Gasteiger partial charge in [0.15, 0.2) is 0 Å². The third-order valence-electron chi connectivity index (χ3n) is 2.64. The summed E-state index contributed by atoms with van der Waals surface area (Å²) in [5, 5.41) is 0. The SMILES string of the molecule is CC(C)C(N)C(=O)N(C)Cc1ccccc1.Cl. The smallest absolute Gasteiger partial charge is 0.239 e. The molecule has 1 unspecified atom stereocenters. The number of likely N-dealkylation sites (N-methyl/N-ethyl adjacent to an activating group) is 1. The summed E-state index contributed by atoms with van der Waals surface area (Å²) in [4.78, 5) is 13.6. The molecule has 3 nitrogen and oxygen atoms in total. The molecule has 0 aliphatic heterocycles. The summed E-state index contributed by atoms with van der Waals surface area (Å²) in [6.45, 7) is 4.53.